The predicted molar refractivity (Wildman–Crippen MR) is 101 cm³/mol. The van der Waals surface area contributed by atoms with E-state index < -0.39 is 6.36 Å². The van der Waals surface area contributed by atoms with E-state index in [-0.39, 0.29) is 29.8 Å². The van der Waals surface area contributed by atoms with Crippen LogP contribution in [0, 0.1) is 0 Å². The zero-order chi connectivity index (χ0) is 21.3. The second-order valence-corrected chi connectivity index (χ2v) is 7.27. The fraction of sp³-hybridized carbons (Fsp3) is 0.250. The Morgan fingerprint density at radius 1 is 1.13 bits per heavy atom. The normalized spacial score (nSPS) is 16.9. The summed E-state index contributed by atoms with van der Waals surface area (Å²) in [5.41, 5.74) is 1.43. The molecule has 0 radical (unpaired) electrons. The number of hydrogen-bond acceptors (Lipinski definition) is 5. The van der Waals surface area contributed by atoms with Crippen LogP contribution in [0.15, 0.2) is 53.1 Å². The molecule has 0 aliphatic carbocycles. The Hall–Kier alpha value is -3.07. The van der Waals surface area contributed by atoms with Crippen LogP contribution in [-0.2, 0) is 11.3 Å². The van der Waals surface area contributed by atoms with E-state index in [0.717, 1.165) is 5.56 Å². The molecular weight excluding hydrogens is 423 g/mol. The number of benzene rings is 2. The number of rotatable bonds is 5. The Kier molecular flexibility index (Phi) is 5.38. The van der Waals surface area contributed by atoms with Gasteiger partial charge in [0, 0.05) is 30.1 Å². The van der Waals surface area contributed by atoms with Gasteiger partial charge in [0.05, 0.1) is 5.92 Å². The van der Waals surface area contributed by atoms with Gasteiger partial charge in [-0.1, -0.05) is 28.9 Å². The van der Waals surface area contributed by atoms with Gasteiger partial charge in [-0.2, -0.15) is 4.98 Å². The Morgan fingerprint density at radius 2 is 1.83 bits per heavy atom. The lowest BCUT2D eigenvalue weighted by molar-refractivity contribution is -0.274. The summed E-state index contributed by atoms with van der Waals surface area (Å²) in [4.78, 5) is 18.4. The highest BCUT2D eigenvalue weighted by Gasteiger charge is 2.34. The number of ether oxygens (including phenoxy) is 1. The summed E-state index contributed by atoms with van der Waals surface area (Å²) < 4.78 is 45.9. The first-order chi connectivity index (χ1) is 14.3. The summed E-state index contributed by atoms with van der Waals surface area (Å²) in [5.74, 6) is -0.0730. The molecule has 3 aromatic rings. The third-order valence-electron chi connectivity index (χ3n) is 4.64. The van der Waals surface area contributed by atoms with Crippen LogP contribution in [0.5, 0.6) is 5.75 Å². The van der Waals surface area contributed by atoms with Gasteiger partial charge < -0.3 is 14.2 Å². The van der Waals surface area contributed by atoms with Gasteiger partial charge in [0.15, 0.2) is 0 Å². The highest BCUT2D eigenvalue weighted by atomic mass is 35.5. The van der Waals surface area contributed by atoms with E-state index in [1.165, 1.54) is 24.3 Å². The van der Waals surface area contributed by atoms with E-state index >= 15 is 0 Å². The van der Waals surface area contributed by atoms with Crippen molar-refractivity contribution < 1.29 is 27.2 Å². The van der Waals surface area contributed by atoms with Crippen molar-refractivity contribution >= 4 is 17.5 Å². The number of amides is 1. The van der Waals surface area contributed by atoms with Gasteiger partial charge in [0.1, 0.15) is 5.75 Å². The molecule has 0 N–H and O–H groups in total. The standard InChI is InChI=1S/C20H15ClF3N3O3/c21-15-5-1-12(2-6-15)10-27-11-14(9-17(27)28)19-25-18(26-30-19)13-3-7-16(8-4-13)29-20(22,23)24/h1-8,14H,9-11H2. The molecule has 10 heteroatoms. The molecule has 1 unspecified atom stereocenters. The molecule has 2 heterocycles. The SMILES string of the molecule is O=C1CC(c2nc(-c3ccc(OC(F)(F)F)cc3)no2)CN1Cc1ccc(Cl)cc1. The maximum Gasteiger partial charge on any atom is 0.573 e. The van der Waals surface area contributed by atoms with Crippen molar-refractivity contribution in [3.8, 4) is 17.1 Å². The highest BCUT2D eigenvalue weighted by Crippen LogP contribution is 2.30. The van der Waals surface area contributed by atoms with E-state index in [0.29, 0.717) is 29.6 Å². The fourth-order valence-corrected chi connectivity index (χ4v) is 3.35. The van der Waals surface area contributed by atoms with Crippen molar-refractivity contribution in [2.24, 2.45) is 0 Å². The van der Waals surface area contributed by atoms with Gasteiger partial charge in [-0.3, -0.25) is 4.79 Å². The lowest BCUT2D eigenvalue weighted by atomic mass is 10.1. The van der Waals surface area contributed by atoms with Crippen LogP contribution in [0.4, 0.5) is 13.2 Å². The molecule has 0 saturated carbocycles. The number of likely N-dealkylation sites (tertiary alicyclic amines) is 1. The lowest BCUT2D eigenvalue weighted by Crippen LogP contribution is -2.24. The predicted octanol–water partition coefficient (Wildman–Crippen LogP) is 4.80. The first-order valence-corrected chi connectivity index (χ1v) is 9.36. The molecule has 4 rings (SSSR count). The van der Waals surface area contributed by atoms with Gasteiger partial charge >= 0.3 is 6.36 Å². The summed E-state index contributed by atoms with van der Waals surface area (Å²) in [6, 6.07) is 12.4. The molecule has 1 saturated heterocycles. The second kappa shape index (κ2) is 7.98. The third kappa shape index (κ3) is 4.73. The smallest absolute Gasteiger partial charge is 0.406 e. The number of aromatic nitrogens is 2. The Morgan fingerprint density at radius 3 is 2.50 bits per heavy atom. The summed E-state index contributed by atoms with van der Waals surface area (Å²) in [5, 5.41) is 4.51. The highest BCUT2D eigenvalue weighted by molar-refractivity contribution is 6.30. The molecule has 1 atom stereocenters. The first kappa shape index (κ1) is 20.2. The number of alkyl halides is 3. The summed E-state index contributed by atoms with van der Waals surface area (Å²) >= 11 is 5.88. The molecule has 30 heavy (non-hydrogen) atoms. The van der Waals surface area contributed by atoms with Crippen LogP contribution < -0.4 is 4.74 Å². The van der Waals surface area contributed by atoms with Gasteiger partial charge in [-0.15, -0.1) is 13.2 Å². The van der Waals surface area contributed by atoms with Crippen LogP contribution in [0.3, 0.4) is 0 Å². The van der Waals surface area contributed by atoms with Gasteiger partial charge in [0.2, 0.25) is 17.6 Å². The first-order valence-electron chi connectivity index (χ1n) is 8.99. The average Bonchev–Trinajstić information content (AvgIpc) is 3.30. The van der Waals surface area contributed by atoms with Crippen LogP contribution in [0.2, 0.25) is 5.02 Å². The molecule has 0 spiro atoms. The van der Waals surface area contributed by atoms with E-state index in [4.69, 9.17) is 16.1 Å². The molecule has 1 aliphatic rings. The van der Waals surface area contributed by atoms with Gasteiger partial charge in [-0.05, 0) is 42.0 Å². The fourth-order valence-electron chi connectivity index (χ4n) is 3.22. The van der Waals surface area contributed by atoms with Crippen molar-refractivity contribution in [3.05, 3.63) is 65.0 Å². The molecule has 1 aromatic heterocycles. The number of carbonyl (C=O) groups is 1. The molecular formula is C20H15ClF3N3O3. The van der Waals surface area contributed by atoms with E-state index in [2.05, 4.69) is 14.9 Å². The maximum absolute atomic E-state index is 12.4. The second-order valence-electron chi connectivity index (χ2n) is 6.83. The Bertz CT molecular complexity index is 1040. The van der Waals surface area contributed by atoms with Crippen molar-refractivity contribution in [1.29, 1.82) is 0 Å². The van der Waals surface area contributed by atoms with Crippen molar-refractivity contribution in [3.63, 3.8) is 0 Å². The number of nitrogens with zero attached hydrogens (tertiary/aromatic N) is 3. The summed E-state index contributed by atoms with van der Waals surface area (Å²) in [6.07, 6.45) is -4.51. The zero-order valence-electron chi connectivity index (χ0n) is 15.4. The van der Waals surface area contributed by atoms with Crippen LogP contribution in [0.25, 0.3) is 11.4 Å². The average molecular weight is 438 g/mol. The van der Waals surface area contributed by atoms with Crippen LogP contribution in [0.1, 0.15) is 23.8 Å². The molecule has 1 aliphatic heterocycles. The Labute approximate surface area is 174 Å². The lowest BCUT2D eigenvalue weighted by Gasteiger charge is -2.16. The minimum absolute atomic E-state index is 0.0247. The molecule has 2 aromatic carbocycles. The topological polar surface area (TPSA) is 68.5 Å². The molecule has 1 fully saturated rings. The number of carbonyl (C=O) groups excluding carboxylic acids is 1. The van der Waals surface area contributed by atoms with E-state index in [1.807, 2.05) is 12.1 Å². The monoisotopic (exact) mass is 437 g/mol. The third-order valence-corrected chi connectivity index (χ3v) is 4.89. The van der Waals surface area contributed by atoms with Gasteiger partial charge in [-0.25, -0.2) is 0 Å². The van der Waals surface area contributed by atoms with E-state index in [1.54, 1.807) is 17.0 Å². The minimum Gasteiger partial charge on any atom is -0.406 e. The molecule has 6 nitrogen and oxygen atoms in total. The van der Waals surface area contributed by atoms with Crippen LogP contribution >= 0.6 is 11.6 Å². The number of hydrogen-bond donors (Lipinski definition) is 0. The molecule has 0 bridgehead atoms. The van der Waals surface area contributed by atoms with Crippen molar-refractivity contribution in [1.82, 2.24) is 15.0 Å². The Balaban J connectivity index is 1.42. The maximum atomic E-state index is 12.4. The molecule has 1 amide bonds. The number of halogens is 4. The summed E-state index contributed by atoms with van der Waals surface area (Å²) in [6.45, 7) is 0.885. The zero-order valence-corrected chi connectivity index (χ0v) is 16.2. The quantitative estimate of drug-likeness (QED) is 0.573. The van der Waals surface area contributed by atoms with Crippen molar-refractivity contribution in [2.45, 2.75) is 25.2 Å². The van der Waals surface area contributed by atoms with E-state index in [9.17, 15) is 18.0 Å². The summed E-state index contributed by atoms with van der Waals surface area (Å²) in [7, 11) is 0. The van der Waals surface area contributed by atoms with Crippen LogP contribution in [-0.4, -0.2) is 33.9 Å². The minimum atomic E-state index is -4.76. The van der Waals surface area contributed by atoms with Gasteiger partial charge in [0.25, 0.3) is 0 Å². The van der Waals surface area contributed by atoms with Crippen molar-refractivity contribution in [2.75, 3.05) is 6.54 Å². The largest absolute Gasteiger partial charge is 0.573 e. The molecule has 156 valence electrons.